The van der Waals surface area contributed by atoms with E-state index in [1.807, 2.05) is 35.2 Å². The summed E-state index contributed by atoms with van der Waals surface area (Å²) in [5, 5.41) is 8.11. The molecule has 0 saturated carbocycles. The monoisotopic (exact) mass is 364 g/mol. The van der Waals surface area contributed by atoms with Crippen LogP contribution in [0.5, 0.6) is 0 Å². The number of carbonyl (C=O) groups is 1. The molecule has 3 aromatic rings. The summed E-state index contributed by atoms with van der Waals surface area (Å²) in [6.45, 7) is 2.86. The average molecular weight is 364 g/mol. The molecule has 0 atom stereocenters. The molecule has 1 fully saturated rings. The first-order valence-electron chi connectivity index (χ1n) is 8.96. The van der Waals surface area contributed by atoms with E-state index < -0.39 is 0 Å². The quantitative estimate of drug-likeness (QED) is 0.682. The van der Waals surface area contributed by atoms with Crippen molar-refractivity contribution in [1.29, 1.82) is 0 Å². The van der Waals surface area contributed by atoms with Crippen molar-refractivity contribution in [2.24, 2.45) is 0 Å². The Balaban J connectivity index is 1.27. The van der Waals surface area contributed by atoms with E-state index in [1.165, 1.54) is 0 Å². The van der Waals surface area contributed by atoms with Gasteiger partial charge in [-0.15, -0.1) is 10.2 Å². The van der Waals surface area contributed by atoms with Gasteiger partial charge in [0.05, 0.1) is 6.20 Å². The van der Waals surface area contributed by atoms with Crippen LogP contribution in [0.4, 0.5) is 5.82 Å². The van der Waals surface area contributed by atoms with Gasteiger partial charge in [0.25, 0.3) is 0 Å². The van der Waals surface area contributed by atoms with Gasteiger partial charge in [0.1, 0.15) is 5.82 Å². The second-order valence-corrected chi connectivity index (χ2v) is 6.30. The predicted octanol–water partition coefficient (Wildman–Crippen LogP) is 1.81. The zero-order chi connectivity index (χ0) is 18.5. The number of piperazine rings is 1. The van der Waals surface area contributed by atoms with E-state index in [0.717, 1.165) is 24.5 Å². The van der Waals surface area contributed by atoms with E-state index in [0.29, 0.717) is 37.7 Å². The average Bonchev–Trinajstić information content (AvgIpc) is 3.22. The molecule has 138 valence electrons. The van der Waals surface area contributed by atoms with Crippen molar-refractivity contribution in [3.05, 3.63) is 54.8 Å². The fourth-order valence-electron chi connectivity index (χ4n) is 3.06. The molecule has 2 aromatic heterocycles. The second-order valence-electron chi connectivity index (χ2n) is 6.30. The number of nitrogens with zero attached hydrogens (tertiary/aromatic N) is 6. The van der Waals surface area contributed by atoms with Crippen LogP contribution in [0.25, 0.3) is 11.5 Å². The second kappa shape index (κ2) is 7.94. The van der Waals surface area contributed by atoms with Crippen molar-refractivity contribution in [1.82, 2.24) is 25.1 Å². The van der Waals surface area contributed by atoms with Gasteiger partial charge < -0.3 is 14.2 Å². The first kappa shape index (κ1) is 17.1. The number of benzene rings is 1. The minimum absolute atomic E-state index is 0.105. The first-order valence-corrected chi connectivity index (χ1v) is 8.96. The Kier molecular flexibility index (Phi) is 5.04. The van der Waals surface area contributed by atoms with Crippen molar-refractivity contribution in [3.63, 3.8) is 0 Å². The van der Waals surface area contributed by atoms with Crippen molar-refractivity contribution >= 4 is 11.7 Å². The molecule has 27 heavy (non-hydrogen) atoms. The van der Waals surface area contributed by atoms with Gasteiger partial charge in [0.2, 0.25) is 17.7 Å². The summed E-state index contributed by atoms with van der Waals surface area (Å²) in [7, 11) is 0. The third-order valence-corrected chi connectivity index (χ3v) is 4.55. The maximum atomic E-state index is 12.5. The number of aromatic nitrogens is 4. The van der Waals surface area contributed by atoms with Gasteiger partial charge in [-0.3, -0.25) is 9.78 Å². The van der Waals surface area contributed by atoms with Crippen LogP contribution in [0.2, 0.25) is 0 Å². The fraction of sp³-hybridized carbons (Fsp3) is 0.316. The topological polar surface area (TPSA) is 88.3 Å². The zero-order valence-electron chi connectivity index (χ0n) is 14.9. The molecule has 1 saturated heterocycles. The molecule has 0 aliphatic carbocycles. The van der Waals surface area contributed by atoms with E-state index in [4.69, 9.17) is 4.42 Å². The lowest BCUT2D eigenvalue weighted by atomic mass is 10.2. The summed E-state index contributed by atoms with van der Waals surface area (Å²) in [5.41, 5.74) is 0.878. The number of hydrogen-bond acceptors (Lipinski definition) is 7. The Morgan fingerprint density at radius 2 is 1.85 bits per heavy atom. The molecule has 0 N–H and O–H groups in total. The third kappa shape index (κ3) is 4.11. The number of amides is 1. The summed E-state index contributed by atoms with van der Waals surface area (Å²) in [5.74, 6) is 1.92. The molecule has 3 heterocycles. The van der Waals surface area contributed by atoms with Crippen LogP contribution in [-0.4, -0.2) is 57.2 Å². The molecule has 1 aromatic carbocycles. The van der Waals surface area contributed by atoms with Crippen LogP contribution in [-0.2, 0) is 11.2 Å². The van der Waals surface area contributed by atoms with Crippen molar-refractivity contribution in [2.75, 3.05) is 31.1 Å². The Morgan fingerprint density at radius 1 is 1.04 bits per heavy atom. The maximum Gasteiger partial charge on any atom is 0.247 e. The molecule has 4 rings (SSSR count). The van der Waals surface area contributed by atoms with Gasteiger partial charge in [0, 0.05) is 57.0 Å². The lowest BCUT2D eigenvalue weighted by Gasteiger charge is -2.35. The van der Waals surface area contributed by atoms with Gasteiger partial charge >= 0.3 is 0 Å². The number of hydrogen-bond donors (Lipinski definition) is 0. The number of rotatable bonds is 5. The van der Waals surface area contributed by atoms with Crippen LogP contribution in [0.3, 0.4) is 0 Å². The highest BCUT2D eigenvalue weighted by atomic mass is 16.4. The normalized spacial score (nSPS) is 14.4. The van der Waals surface area contributed by atoms with Crippen LogP contribution in [0, 0.1) is 0 Å². The largest absolute Gasteiger partial charge is 0.421 e. The van der Waals surface area contributed by atoms with E-state index in [2.05, 4.69) is 25.1 Å². The molecule has 0 radical (unpaired) electrons. The molecule has 1 aliphatic heterocycles. The molecule has 8 heteroatoms. The fourth-order valence-corrected chi connectivity index (χ4v) is 3.06. The summed E-state index contributed by atoms with van der Waals surface area (Å²) in [4.78, 5) is 24.9. The lowest BCUT2D eigenvalue weighted by Crippen LogP contribution is -2.49. The highest BCUT2D eigenvalue weighted by Gasteiger charge is 2.22. The van der Waals surface area contributed by atoms with Gasteiger partial charge in [-0.1, -0.05) is 18.2 Å². The Bertz CT molecular complexity index is 875. The van der Waals surface area contributed by atoms with E-state index in [-0.39, 0.29) is 5.91 Å². The van der Waals surface area contributed by atoms with E-state index in [9.17, 15) is 4.79 Å². The third-order valence-electron chi connectivity index (χ3n) is 4.55. The van der Waals surface area contributed by atoms with Crippen LogP contribution in [0.1, 0.15) is 12.3 Å². The molecule has 1 aliphatic rings. The molecule has 1 amide bonds. The summed E-state index contributed by atoms with van der Waals surface area (Å²) >= 11 is 0. The highest BCUT2D eigenvalue weighted by Crippen LogP contribution is 2.18. The molecule has 0 unspecified atom stereocenters. The standard InChI is InChI=1S/C19H20N6O2/c26-18(25-12-10-24(11-13-25)16-14-20-8-9-21-16)7-6-17-22-23-19(27-17)15-4-2-1-3-5-15/h1-5,8-9,14H,6-7,10-13H2. The van der Waals surface area contributed by atoms with Crippen molar-refractivity contribution in [2.45, 2.75) is 12.8 Å². The van der Waals surface area contributed by atoms with Crippen LogP contribution in [0.15, 0.2) is 53.3 Å². The Morgan fingerprint density at radius 3 is 2.59 bits per heavy atom. The van der Waals surface area contributed by atoms with Crippen molar-refractivity contribution in [3.8, 4) is 11.5 Å². The maximum absolute atomic E-state index is 12.5. The minimum Gasteiger partial charge on any atom is -0.421 e. The van der Waals surface area contributed by atoms with Gasteiger partial charge in [0.15, 0.2) is 0 Å². The van der Waals surface area contributed by atoms with Crippen molar-refractivity contribution < 1.29 is 9.21 Å². The van der Waals surface area contributed by atoms with Gasteiger partial charge in [-0.05, 0) is 12.1 Å². The summed E-state index contributed by atoms with van der Waals surface area (Å²) in [6.07, 6.45) is 5.90. The van der Waals surface area contributed by atoms with E-state index in [1.54, 1.807) is 18.6 Å². The Hall–Kier alpha value is -3.29. The zero-order valence-corrected chi connectivity index (χ0v) is 14.9. The molecule has 0 bridgehead atoms. The van der Waals surface area contributed by atoms with Crippen LogP contribution < -0.4 is 4.90 Å². The molecule has 8 nitrogen and oxygen atoms in total. The summed E-state index contributed by atoms with van der Waals surface area (Å²) in [6, 6.07) is 9.61. The van der Waals surface area contributed by atoms with Gasteiger partial charge in [-0.25, -0.2) is 4.98 Å². The summed E-state index contributed by atoms with van der Waals surface area (Å²) < 4.78 is 5.67. The molecule has 0 spiro atoms. The first-order chi connectivity index (χ1) is 13.3. The Labute approximate surface area is 156 Å². The SMILES string of the molecule is O=C(CCc1nnc(-c2ccccc2)o1)N1CCN(c2cnccn2)CC1. The highest BCUT2D eigenvalue weighted by molar-refractivity contribution is 5.76. The minimum atomic E-state index is 0.105. The van der Waals surface area contributed by atoms with Crippen LogP contribution >= 0.6 is 0 Å². The number of anilines is 1. The smallest absolute Gasteiger partial charge is 0.247 e. The number of aryl methyl sites for hydroxylation is 1. The van der Waals surface area contributed by atoms with E-state index >= 15 is 0 Å². The van der Waals surface area contributed by atoms with Gasteiger partial charge in [-0.2, -0.15) is 0 Å². The molecular weight excluding hydrogens is 344 g/mol. The molecular formula is C19H20N6O2. The lowest BCUT2D eigenvalue weighted by molar-refractivity contribution is -0.131. The number of carbonyl (C=O) groups excluding carboxylic acids is 1. The predicted molar refractivity (Wildman–Crippen MR) is 98.9 cm³/mol.